The van der Waals surface area contributed by atoms with Crippen molar-refractivity contribution in [2.45, 2.75) is 38.3 Å². The van der Waals surface area contributed by atoms with E-state index in [2.05, 4.69) is 5.32 Å². The van der Waals surface area contributed by atoms with Gasteiger partial charge < -0.3 is 19.7 Å². The average molecular weight is 554 g/mol. The molecule has 0 bridgehead atoms. The maximum Gasteiger partial charge on any atom is 0.264 e. The molecular weight excluding hydrogens is 518 g/mol. The zero-order valence-corrected chi connectivity index (χ0v) is 23.7. The van der Waals surface area contributed by atoms with Gasteiger partial charge in [-0.25, -0.2) is 8.42 Å². The maximum absolute atomic E-state index is 13.9. The maximum atomic E-state index is 13.9. The summed E-state index contributed by atoms with van der Waals surface area (Å²) in [7, 11) is -1.25. The minimum atomic E-state index is -4.17. The van der Waals surface area contributed by atoms with Gasteiger partial charge in [-0.1, -0.05) is 48.0 Å². The molecule has 0 fully saturated rings. The third kappa shape index (κ3) is 7.08. The highest BCUT2D eigenvalue weighted by Crippen LogP contribution is 2.34. The summed E-state index contributed by atoms with van der Waals surface area (Å²) in [4.78, 5) is 28.1. The number of hydrogen-bond donors (Lipinski definition) is 1. The lowest BCUT2D eigenvalue weighted by Crippen LogP contribution is -2.51. The summed E-state index contributed by atoms with van der Waals surface area (Å²) >= 11 is 0. The standard InChI is InChI=1S/C29H35N3O6S/c1-6-30-29(34)22(3)31(19-23-12-10-11-21(2)17-23)28(33)20-32(39(35,36)25-13-8-7-9-14-25)24-15-16-26(37-4)27(18-24)38-5/h7-18,22H,6,19-20H2,1-5H3,(H,30,34)/t22-/m1/s1. The van der Waals surface area contributed by atoms with Crippen LogP contribution in [-0.4, -0.2) is 58.5 Å². The molecule has 2 amide bonds. The van der Waals surface area contributed by atoms with Crippen LogP contribution in [0.1, 0.15) is 25.0 Å². The van der Waals surface area contributed by atoms with Crippen LogP contribution in [0.2, 0.25) is 0 Å². The number of ether oxygens (including phenoxy) is 2. The Balaban J connectivity index is 2.08. The van der Waals surface area contributed by atoms with E-state index in [1.807, 2.05) is 31.2 Å². The van der Waals surface area contributed by atoms with Crippen molar-refractivity contribution in [3.8, 4) is 11.5 Å². The molecule has 0 saturated heterocycles. The van der Waals surface area contributed by atoms with Gasteiger partial charge >= 0.3 is 0 Å². The number of carbonyl (C=O) groups excluding carboxylic acids is 2. The molecule has 0 spiro atoms. The molecule has 1 atom stereocenters. The Morgan fingerprint density at radius 2 is 1.62 bits per heavy atom. The van der Waals surface area contributed by atoms with Crippen molar-refractivity contribution in [3.63, 3.8) is 0 Å². The fourth-order valence-corrected chi connectivity index (χ4v) is 5.57. The monoisotopic (exact) mass is 553 g/mol. The second-order valence-corrected chi connectivity index (χ2v) is 10.8. The number of carbonyl (C=O) groups is 2. The van der Waals surface area contributed by atoms with Gasteiger partial charge in [-0.15, -0.1) is 0 Å². The zero-order chi connectivity index (χ0) is 28.6. The molecule has 0 aromatic heterocycles. The Morgan fingerprint density at radius 1 is 0.923 bits per heavy atom. The first-order valence-corrected chi connectivity index (χ1v) is 14.0. The molecule has 0 aliphatic heterocycles. The van der Waals surface area contributed by atoms with Crippen molar-refractivity contribution >= 4 is 27.5 Å². The van der Waals surface area contributed by atoms with Gasteiger partial charge in [0.05, 0.1) is 24.8 Å². The van der Waals surface area contributed by atoms with Gasteiger partial charge in [-0.2, -0.15) is 0 Å². The van der Waals surface area contributed by atoms with E-state index in [1.54, 1.807) is 44.2 Å². The van der Waals surface area contributed by atoms with Gasteiger partial charge in [-0.05, 0) is 50.6 Å². The Hall–Kier alpha value is -4.05. The van der Waals surface area contributed by atoms with Crippen LogP contribution in [-0.2, 0) is 26.2 Å². The van der Waals surface area contributed by atoms with Crippen LogP contribution in [0.5, 0.6) is 11.5 Å². The van der Waals surface area contributed by atoms with E-state index in [0.717, 1.165) is 15.4 Å². The van der Waals surface area contributed by atoms with Crippen molar-refractivity contribution in [3.05, 3.63) is 83.9 Å². The number of aryl methyl sites for hydroxylation is 1. The summed E-state index contributed by atoms with van der Waals surface area (Å²) in [5.74, 6) is -0.148. The molecule has 0 heterocycles. The average Bonchev–Trinajstić information content (AvgIpc) is 2.94. The van der Waals surface area contributed by atoms with Crippen molar-refractivity contribution < 1.29 is 27.5 Å². The number of nitrogens with one attached hydrogen (secondary N) is 1. The largest absolute Gasteiger partial charge is 0.493 e. The van der Waals surface area contributed by atoms with E-state index in [9.17, 15) is 18.0 Å². The first-order valence-electron chi connectivity index (χ1n) is 12.5. The summed E-state index contributed by atoms with van der Waals surface area (Å²) < 4.78 is 39.4. The van der Waals surface area contributed by atoms with E-state index >= 15 is 0 Å². The highest BCUT2D eigenvalue weighted by molar-refractivity contribution is 7.92. The third-order valence-corrected chi connectivity index (χ3v) is 8.01. The molecule has 0 aliphatic carbocycles. The number of benzene rings is 3. The second-order valence-electron chi connectivity index (χ2n) is 8.95. The number of likely N-dealkylation sites (N-methyl/N-ethyl adjacent to an activating group) is 1. The van der Waals surface area contributed by atoms with Crippen LogP contribution in [0.3, 0.4) is 0 Å². The molecule has 0 radical (unpaired) electrons. The summed E-state index contributed by atoms with van der Waals surface area (Å²) in [6.07, 6.45) is 0. The van der Waals surface area contributed by atoms with Crippen LogP contribution in [0.15, 0.2) is 77.7 Å². The number of hydrogen-bond acceptors (Lipinski definition) is 6. The smallest absolute Gasteiger partial charge is 0.264 e. The summed E-state index contributed by atoms with van der Waals surface area (Å²) in [6.45, 7) is 5.35. The Kier molecular flexibility index (Phi) is 9.95. The molecule has 3 aromatic rings. The van der Waals surface area contributed by atoms with Crippen LogP contribution in [0, 0.1) is 6.92 Å². The minimum absolute atomic E-state index is 0.0228. The Labute approximate surface area is 230 Å². The molecule has 0 aliphatic rings. The van der Waals surface area contributed by atoms with Gasteiger partial charge in [-0.3, -0.25) is 13.9 Å². The van der Waals surface area contributed by atoms with Crippen LogP contribution < -0.4 is 19.1 Å². The van der Waals surface area contributed by atoms with Crippen LogP contribution >= 0.6 is 0 Å². The van der Waals surface area contributed by atoms with Gasteiger partial charge in [0.2, 0.25) is 11.8 Å². The van der Waals surface area contributed by atoms with Gasteiger partial charge in [0.25, 0.3) is 10.0 Å². The Morgan fingerprint density at radius 3 is 2.23 bits per heavy atom. The molecule has 3 rings (SSSR count). The highest BCUT2D eigenvalue weighted by atomic mass is 32.2. The summed E-state index contributed by atoms with van der Waals surface area (Å²) in [5, 5.41) is 2.75. The van der Waals surface area contributed by atoms with Crippen molar-refractivity contribution in [2.75, 3.05) is 31.6 Å². The van der Waals surface area contributed by atoms with Crippen molar-refractivity contribution in [1.29, 1.82) is 0 Å². The van der Waals surface area contributed by atoms with Gasteiger partial charge in [0.15, 0.2) is 11.5 Å². The third-order valence-electron chi connectivity index (χ3n) is 6.22. The second kappa shape index (κ2) is 13.1. The molecular formula is C29H35N3O6S. The molecule has 39 heavy (non-hydrogen) atoms. The number of anilines is 1. The first-order chi connectivity index (χ1) is 18.6. The molecule has 9 nitrogen and oxygen atoms in total. The zero-order valence-electron chi connectivity index (χ0n) is 22.9. The molecule has 1 N–H and O–H groups in total. The number of rotatable bonds is 12. The number of nitrogens with zero attached hydrogens (tertiary/aromatic N) is 2. The van der Waals surface area contributed by atoms with E-state index < -0.39 is 28.5 Å². The number of methoxy groups -OCH3 is 2. The lowest BCUT2D eigenvalue weighted by atomic mass is 10.1. The van der Waals surface area contributed by atoms with E-state index in [-0.39, 0.29) is 23.0 Å². The van der Waals surface area contributed by atoms with Crippen LogP contribution in [0.25, 0.3) is 0 Å². The summed E-state index contributed by atoms with van der Waals surface area (Å²) in [6, 6.07) is 19.3. The highest BCUT2D eigenvalue weighted by Gasteiger charge is 2.32. The molecule has 0 unspecified atom stereocenters. The molecule has 10 heteroatoms. The lowest BCUT2D eigenvalue weighted by molar-refractivity contribution is -0.139. The SMILES string of the molecule is CCNC(=O)[C@@H](C)N(Cc1cccc(C)c1)C(=O)CN(c1ccc(OC)c(OC)c1)S(=O)(=O)c1ccccc1. The van der Waals surface area contributed by atoms with Crippen molar-refractivity contribution in [1.82, 2.24) is 10.2 Å². The predicted octanol–water partition coefficient (Wildman–Crippen LogP) is 3.76. The van der Waals surface area contributed by atoms with Crippen molar-refractivity contribution in [2.24, 2.45) is 0 Å². The van der Waals surface area contributed by atoms with E-state index in [4.69, 9.17) is 9.47 Å². The first kappa shape index (κ1) is 29.5. The molecule has 3 aromatic carbocycles. The molecule has 0 saturated carbocycles. The minimum Gasteiger partial charge on any atom is -0.493 e. The fraction of sp³-hybridized carbons (Fsp3) is 0.310. The topological polar surface area (TPSA) is 105 Å². The quantitative estimate of drug-likeness (QED) is 0.366. The van der Waals surface area contributed by atoms with E-state index in [0.29, 0.717) is 18.0 Å². The predicted molar refractivity (Wildman–Crippen MR) is 150 cm³/mol. The summed E-state index contributed by atoms with van der Waals surface area (Å²) in [5.41, 5.74) is 2.04. The fourth-order valence-electron chi connectivity index (χ4n) is 4.14. The molecule has 208 valence electrons. The van der Waals surface area contributed by atoms with Gasteiger partial charge in [0.1, 0.15) is 12.6 Å². The normalized spacial score (nSPS) is 11.8. The number of sulfonamides is 1. The lowest BCUT2D eigenvalue weighted by Gasteiger charge is -2.32. The Bertz CT molecular complexity index is 1400. The van der Waals surface area contributed by atoms with E-state index in [1.165, 1.54) is 37.3 Å². The number of amides is 2. The van der Waals surface area contributed by atoms with Crippen LogP contribution in [0.4, 0.5) is 5.69 Å². The van der Waals surface area contributed by atoms with Gasteiger partial charge in [0, 0.05) is 19.2 Å².